The smallest absolute Gasteiger partial charge is 0.154 e. The first kappa shape index (κ1) is 41.3. The molecule has 4 heterocycles. The summed E-state index contributed by atoms with van der Waals surface area (Å²) in [5.74, 6) is 3.82. The average molecular weight is 962 g/mol. The molecule has 0 atom stereocenters. The summed E-state index contributed by atoms with van der Waals surface area (Å²) in [7, 11) is 3.30. The van der Waals surface area contributed by atoms with Crippen LogP contribution in [0.25, 0.3) is 27.6 Å². The molecule has 0 saturated carbocycles. The predicted molar refractivity (Wildman–Crippen MR) is 229 cm³/mol. The molecule has 0 aliphatic carbocycles. The van der Waals surface area contributed by atoms with Gasteiger partial charge in [-0.15, -0.1) is 0 Å². The number of benzene rings is 4. The van der Waals surface area contributed by atoms with Crippen LogP contribution in [-0.2, 0) is 26.4 Å². The van der Waals surface area contributed by atoms with Gasteiger partial charge in [0.05, 0.1) is 73.0 Å². The molecule has 0 amide bonds. The first-order valence-corrected chi connectivity index (χ1v) is 19.8. The minimum Gasteiger partial charge on any atom is -0.497 e. The summed E-state index contributed by atoms with van der Waals surface area (Å²) < 4.78 is 26.6. The number of aromatic amines is 1. The number of halogens is 3. The molecule has 0 aliphatic heterocycles. The Labute approximate surface area is 353 Å². The molecule has 4 aromatic heterocycles. The molecule has 8 aromatic rings. The van der Waals surface area contributed by atoms with Crippen LogP contribution in [0.2, 0.25) is 0 Å². The standard InChI is InChI=1S/C21H18BrN3O3.C15H13BrN2O2.C6H6BrNO/c1-27-17-7-5-14(6-8-17)13-28-20-10-15(22)9-19-18(20)11-23-25(19)21-4-2-3-16(12-26)24-21;1-19-12-4-2-10(3-5-12)9-20-15-7-11(16)6-14-13(15)8-17-18-14;7-6-3-1-2-5(4-9)8-6/h2-11,26H,12-13H2,1H3;2-8H,9H2,1H3,(H,17,18);1-3,9H,4H2. The fourth-order valence-corrected chi connectivity index (χ4v) is 6.69. The van der Waals surface area contributed by atoms with Gasteiger partial charge < -0.3 is 29.2 Å². The van der Waals surface area contributed by atoms with Gasteiger partial charge >= 0.3 is 0 Å². The van der Waals surface area contributed by atoms with Crippen LogP contribution in [0.5, 0.6) is 23.0 Å². The summed E-state index contributed by atoms with van der Waals surface area (Å²) in [6.45, 7) is 0.812. The summed E-state index contributed by atoms with van der Waals surface area (Å²) in [6.07, 6.45) is 3.53. The van der Waals surface area contributed by atoms with Gasteiger partial charge in [-0.3, -0.25) is 5.10 Å². The van der Waals surface area contributed by atoms with Gasteiger partial charge in [0.15, 0.2) is 5.82 Å². The van der Waals surface area contributed by atoms with Crippen molar-refractivity contribution in [1.82, 2.24) is 29.9 Å². The van der Waals surface area contributed by atoms with Gasteiger partial charge in [-0.05, 0) is 99.9 Å². The molecule has 57 heavy (non-hydrogen) atoms. The fourth-order valence-electron chi connectivity index (χ4n) is 5.45. The highest BCUT2D eigenvalue weighted by Crippen LogP contribution is 2.32. The van der Waals surface area contributed by atoms with Gasteiger partial charge in [0.1, 0.15) is 40.8 Å². The van der Waals surface area contributed by atoms with Crippen molar-refractivity contribution >= 4 is 69.6 Å². The Kier molecular flexibility index (Phi) is 14.6. The molecule has 0 aliphatic rings. The number of hydrogen-bond acceptors (Lipinski definition) is 10. The van der Waals surface area contributed by atoms with E-state index in [1.54, 1.807) is 43.4 Å². The van der Waals surface area contributed by atoms with Crippen LogP contribution in [0.15, 0.2) is 135 Å². The first-order chi connectivity index (χ1) is 27.8. The Bertz CT molecular complexity index is 2530. The molecule has 0 bridgehead atoms. The lowest BCUT2D eigenvalue weighted by atomic mass is 10.2. The molecule has 15 heteroatoms. The number of aliphatic hydroxyl groups excluding tert-OH is 2. The second-order valence-electron chi connectivity index (χ2n) is 12.2. The van der Waals surface area contributed by atoms with Crippen molar-refractivity contribution in [3.05, 3.63) is 158 Å². The molecule has 3 N–H and O–H groups in total. The Morgan fingerprint density at radius 3 is 1.75 bits per heavy atom. The molecule has 0 saturated heterocycles. The number of rotatable bonds is 11. The quantitative estimate of drug-likeness (QED) is 0.107. The average Bonchev–Trinajstić information content (AvgIpc) is 3.90. The molecular weight excluding hydrogens is 924 g/mol. The highest BCUT2D eigenvalue weighted by molar-refractivity contribution is 9.11. The van der Waals surface area contributed by atoms with Crippen LogP contribution >= 0.6 is 47.8 Å². The van der Waals surface area contributed by atoms with Crippen LogP contribution in [0.1, 0.15) is 22.5 Å². The Morgan fingerprint density at radius 1 is 0.632 bits per heavy atom. The van der Waals surface area contributed by atoms with Crippen LogP contribution in [0.3, 0.4) is 0 Å². The van der Waals surface area contributed by atoms with Crippen LogP contribution in [0, 0.1) is 0 Å². The Morgan fingerprint density at radius 2 is 1.19 bits per heavy atom. The van der Waals surface area contributed by atoms with Crippen molar-refractivity contribution in [2.24, 2.45) is 0 Å². The van der Waals surface area contributed by atoms with Gasteiger partial charge in [0, 0.05) is 8.95 Å². The van der Waals surface area contributed by atoms with Crippen molar-refractivity contribution in [2.75, 3.05) is 14.2 Å². The number of methoxy groups -OCH3 is 2. The molecule has 0 radical (unpaired) electrons. The van der Waals surface area contributed by atoms with Crippen molar-refractivity contribution in [3.8, 4) is 28.8 Å². The maximum absolute atomic E-state index is 9.34. The van der Waals surface area contributed by atoms with Crippen LogP contribution in [-0.4, -0.2) is 54.4 Å². The lowest BCUT2D eigenvalue weighted by Crippen LogP contribution is -2.02. The molecule has 0 spiro atoms. The van der Waals surface area contributed by atoms with E-state index >= 15 is 0 Å². The van der Waals surface area contributed by atoms with Crippen molar-refractivity contribution in [3.63, 3.8) is 0 Å². The summed E-state index contributed by atoms with van der Waals surface area (Å²) in [5, 5.41) is 31.2. The zero-order valence-corrected chi connectivity index (χ0v) is 35.5. The number of aromatic nitrogens is 6. The van der Waals surface area contributed by atoms with Crippen LogP contribution < -0.4 is 18.9 Å². The fraction of sp³-hybridized carbons (Fsp3) is 0.143. The summed E-state index contributed by atoms with van der Waals surface area (Å²) in [6, 6.07) is 34.3. The maximum atomic E-state index is 9.34. The number of ether oxygens (including phenoxy) is 4. The van der Waals surface area contributed by atoms with E-state index in [9.17, 15) is 5.11 Å². The van der Waals surface area contributed by atoms with Crippen molar-refractivity contribution in [2.45, 2.75) is 26.4 Å². The molecule has 292 valence electrons. The highest BCUT2D eigenvalue weighted by Gasteiger charge is 2.13. The largest absolute Gasteiger partial charge is 0.497 e. The van der Waals surface area contributed by atoms with E-state index in [4.69, 9.17) is 24.1 Å². The van der Waals surface area contributed by atoms with Gasteiger partial charge in [-0.25, -0.2) is 14.6 Å². The first-order valence-electron chi connectivity index (χ1n) is 17.4. The lowest BCUT2D eigenvalue weighted by molar-refractivity contribution is 0.276. The van der Waals surface area contributed by atoms with Gasteiger partial charge in [0.2, 0.25) is 0 Å². The zero-order valence-electron chi connectivity index (χ0n) is 30.8. The molecule has 12 nitrogen and oxygen atoms in total. The van der Waals surface area contributed by atoms with Crippen molar-refractivity contribution in [1.29, 1.82) is 0 Å². The highest BCUT2D eigenvalue weighted by atomic mass is 79.9. The van der Waals surface area contributed by atoms with Crippen molar-refractivity contribution < 1.29 is 29.2 Å². The summed E-state index contributed by atoms with van der Waals surface area (Å²) in [4.78, 5) is 8.39. The minimum atomic E-state index is -0.118. The van der Waals surface area contributed by atoms with Crippen LogP contribution in [0.4, 0.5) is 0 Å². The third kappa shape index (κ3) is 11.2. The third-order valence-electron chi connectivity index (χ3n) is 8.31. The topological polar surface area (TPSA) is 150 Å². The lowest BCUT2D eigenvalue weighted by Gasteiger charge is -2.10. The van der Waals surface area contributed by atoms with E-state index in [-0.39, 0.29) is 13.2 Å². The SMILES string of the molecule is COc1ccc(COc2cc(Br)cc3[nH]ncc23)cc1.COc1ccc(COc2cc(Br)cc3c2cnn3-c2cccc(CO)n2)cc1.OCc1cccc(Br)n1. The number of fused-ring (bicyclic) bond motifs is 2. The molecule has 8 rings (SSSR count). The second-order valence-corrected chi connectivity index (χ2v) is 14.8. The van der Waals surface area contributed by atoms with Gasteiger partial charge in [0.25, 0.3) is 0 Å². The number of pyridine rings is 2. The number of nitrogens with one attached hydrogen (secondary N) is 1. The van der Waals surface area contributed by atoms with E-state index < -0.39 is 0 Å². The Hall–Kier alpha value is -5.32. The maximum Gasteiger partial charge on any atom is 0.154 e. The van der Waals surface area contributed by atoms with E-state index in [2.05, 4.69) is 73.1 Å². The third-order valence-corrected chi connectivity index (χ3v) is 9.67. The molecule has 4 aromatic carbocycles. The van der Waals surface area contributed by atoms with Gasteiger partial charge in [-0.1, -0.05) is 68.3 Å². The predicted octanol–water partition coefficient (Wildman–Crippen LogP) is 9.51. The summed E-state index contributed by atoms with van der Waals surface area (Å²) in [5.41, 5.74) is 5.21. The molecule has 0 unspecified atom stereocenters. The van der Waals surface area contributed by atoms with E-state index in [0.29, 0.717) is 30.4 Å². The minimum absolute atomic E-state index is 0.000556. The zero-order chi connectivity index (χ0) is 40.1. The molecular formula is C42H37Br3N6O6. The molecule has 0 fully saturated rings. The van der Waals surface area contributed by atoms with Gasteiger partial charge in [-0.2, -0.15) is 10.2 Å². The Balaban J connectivity index is 0.000000164. The van der Waals surface area contributed by atoms with E-state index in [1.165, 1.54) is 0 Å². The number of nitrogens with zero attached hydrogens (tertiary/aromatic N) is 5. The monoisotopic (exact) mass is 958 g/mol. The second kappa shape index (κ2) is 20.2. The number of aliphatic hydroxyl groups is 2. The van der Waals surface area contributed by atoms with E-state index in [1.807, 2.05) is 97.1 Å². The summed E-state index contributed by atoms with van der Waals surface area (Å²) >= 11 is 10.2. The number of H-pyrrole nitrogens is 1. The van der Waals surface area contributed by atoms with E-state index in [0.717, 1.165) is 69.5 Å². The number of hydrogen-bond donors (Lipinski definition) is 3. The normalized spacial score (nSPS) is 10.6.